The highest BCUT2D eigenvalue weighted by atomic mass is 32.2. The highest BCUT2D eigenvalue weighted by Crippen LogP contribution is 2.20. The van der Waals surface area contributed by atoms with Gasteiger partial charge in [0.2, 0.25) is 15.9 Å². The lowest BCUT2D eigenvalue weighted by Gasteiger charge is -2.23. The van der Waals surface area contributed by atoms with Crippen LogP contribution in [0.1, 0.15) is 48.1 Å². The van der Waals surface area contributed by atoms with E-state index in [-0.39, 0.29) is 24.9 Å². The Morgan fingerprint density at radius 2 is 1.64 bits per heavy atom. The van der Waals surface area contributed by atoms with Crippen molar-refractivity contribution in [2.75, 3.05) is 17.1 Å². The first-order valence-electron chi connectivity index (χ1n) is 9.49. The predicted octanol–water partition coefficient (Wildman–Crippen LogP) is 4.04. The maximum Gasteiger partial charge on any atom is 0.232 e. The molecule has 0 saturated heterocycles. The summed E-state index contributed by atoms with van der Waals surface area (Å²) in [5.74, 6) is -0.0780. The summed E-state index contributed by atoms with van der Waals surface area (Å²) >= 11 is 0. The van der Waals surface area contributed by atoms with Crippen LogP contribution in [-0.2, 0) is 14.8 Å². The third-order valence-electron chi connectivity index (χ3n) is 4.77. The largest absolute Gasteiger partial charge is 0.350 e. The molecule has 2 aromatic rings. The van der Waals surface area contributed by atoms with Gasteiger partial charge in [0, 0.05) is 13.0 Å². The van der Waals surface area contributed by atoms with Gasteiger partial charge in [0.05, 0.1) is 18.0 Å². The zero-order chi connectivity index (χ0) is 20.9. The Bertz CT molecular complexity index is 921. The molecule has 0 heterocycles. The van der Waals surface area contributed by atoms with Gasteiger partial charge in [0.1, 0.15) is 0 Å². The van der Waals surface area contributed by atoms with Crippen molar-refractivity contribution in [3.05, 3.63) is 64.7 Å². The third-order valence-corrected chi connectivity index (χ3v) is 5.96. The lowest BCUT2D eigenvalue weighted by Crippen LogP contribution is -2.32. The van der Waals surface area contributed by atoms with Gasteiger partial charge in [-0.3, -0.25) is 9.10 Å². The zero-order valence-electron chi connectivity index (χ0n) is 17.3. The Morgan fingerprint density at radius 1 is 1.04 bits per heavy atom. The van der Waals surface area contributed by atoms with Crippen molar-refractivity contribution < 1.29 is 13.2 Å². The Labute approximate surface area is 168 Å². The minimum atomic E-state index is -3.40. The molecule has 152 valence electrons. The number of anilines is 1. The summed E-state index contributed by atoms with van der Waals surface area (Å²) in [6.45, 7) is 8.25. The first-order valence-corrected chi connectivity index (χ1v) is 11.3. The van der Waals surface area contributed by atoms with Crippen molar-refractivity contribution in [3.63, 3.8) is 0 Å². The fourth-order valence-electron chi connectivity index (χ4n) is 3.20. The van der Waals surface area contributed by atoms with Gasteiger partial charge in [-0.15, -0.1) is 0 Å². The first-order chi connectivity index (χ1) is 13.1. The fraction of sp³-hybridized carbons (Fsp3) is 0.409. The Balaban J connectivity index is 1.95. The normalized spacial score (nSPS) is 12.5. The molecule has 2 rings (SSSR count). The molecule has 0 unspecified atom stereocenters. The Kier molecular flexibility index (Phi) is 7.24. The second kappa shape index (κ2) is 9.24. The van der Waals surface area contributed by atoms with E-state index in [0.717, 1.165) is 22.3 Å². The number of hydrogen-bond donors (Lipinski definition) is 1. The van der Waals surface area contributed by atoms with E-state index in [1.54, 1.807) is 12.1 Å². The van der Waals surface area contributed by atoms with E-state index in [0.29, 0.717) is 12.1 Å². The van der Waals surface area contributed by atoms with E-state index >= 15 is 0 Å². The van der Waals surface area contributed by atoms with Crippen LogP contribution in [0.25, 0.3) is 0 Å². The molecular weight excluding hydrogens is 372 g/mol. The number of aryl methyl sites for hydroxylation is 3. The molecule has 5 nitrogen and oxygen atoms in total. The first kappa shape index (κ1) is 22.0. The van der Waals surface area contributed by atoms with Crippen LogP contribution in [0, 0.1) is 20.8 Å². The second-order valence-electron chi connectivity index (χ2n) is 7.42. The molecule has 2 aromatic carbocycles. The standard InChI is InChI=1S/C22H30N2O3S/c1-16-9-12-20(13-10-16)24(28(5,26)27)14-6-7-22(25)23-19(4)21-15-17(2)8-11-18(21)3/h8-13,15,19H,6-7,14H2,1-5H3,(H,23,25)/t19-/m0/s1. The Morgan fingerprint density at radius 3 is 2.25 bits per heavy atom. The van der Waals surface area contributed by atoms with Gasteiger partial charge in [-0.25, -0.2) is 8.42 Å². The quantitative estimate of drug-likeness (QED) is 0.725. The molecule has 0 aliphatic carbocycles. The van der Waals surface area contributed by atoms with Crippen LogP contribution in [0.3, 0.4) is 0 Å². The van der Waals surface area contributed by atoms with Crippen LogP contribution in [0.2, 0.25) is 0 Å². The fourth-order valence-corrected chi connectivity index (χ4v) is 4.16. The van der Waals surface area contributed by atoms with Gasteiger partial charge in [-0.2, -0.15) is 0 Å². The van der Waals surface area contributed by atoms with E-state index < -0.39 is 10.0 Å². The molecule has 0 spiro atoms. The van der Waals surface area contributed by atoms with E-state index in [2.05, 4.69) is 23.5 Å². The van der Waals surface area contributed by atoms with E-state index in [9.17, 15) is 13.2 Å². The summed E-state index contributed by atoms with van der Waals surface area (Å²) in [6.07, 6.45) is 1.91. The number of sulfonamides is 1. The number of benzene rings is 2. The lowest BCUT2D eigenvalue weighted by atomic mass is 10.00. The van der Waals surface area contributed by atoms with E-state index in [4.69, 9.17) is 0 Å². The number of hydrogen-bond acceptors (Lipinski definition) is 3. The number of nitrogens with zero attached hydrogens (tertiary/aromatic N) is 1. The number of carbonyl (C=O) groups is 1. The molecule has 0 aliphatic heterocycles. The van der Waals surface area contributed by atoms with E-state index in [1.807, 2.05) is 39.8 Å². The summed E-state index contributed by atoms with van der Waals surface area (Å²) in [5, 5.41) is 3.02. The van der Waals surface area contributed by atoms with Crippen LogP contribution < -0.4 is 9.62 Å². The van der Waals surface area contributed by atoms with Crippen LogP contribution >= 0.6 is 0 Å². The molecule has 0 aliphatic rings. The summed E-state index contributed by atoms with van der Waals surface area (Å²) in [5.41, 5.74) is 5.09. The molecule has 0 saturated carbocycles. The molecule has 1 atom stereocenters. The monoisotopic (exact) mass is 402 g/mol. The molecule has 1 amide bonds. The van der Waals surface area contributed by atoms with E-state index in [1.165, 1.54) is 10.6 Å². The topological polar surface area (TPSA) is 66.5 Å². The SMILES string of the molecule is Cc1ccc(N(CCCC(=O)N[C@@H](C)c2cc(C)ccc2C)S(C)(=O)=O)cc1. The predicted molar refractivity (Wildman–Crippen MR) is 115 cm³/mol. The number of amides is 1. The van der Waals surface area contributed by atoms with Gasteiger partial charge in [0.25, 0.3) is 0 Å². The second-order valence-corrected chi connectivity index (χ2v) is 9.33. The molecule has 0 bridgehead atoms. The van der Waals surface area contributed by atoms with Gasteiger partial charge >= 0.3 is 0 Å². The summed E-state index contributed by atoms with van der Waals surface area (Å²) in [7, 11) is -3.40. The number of rotatable bonds is 8. The highest BCUT2D eigenvalue weighted by Gasteiger charge is 2.18. The van der Waals surface area contributed by atoms with Crippen molar-refractivity contribution in [1.82, 2.24) is 5.32 Å². The van der Waals surface area contributed by atoms with Crippen molar-refractivity contribution in [3.8, 4) is 0 Å². The molecule has 6 heteroatoms. The van der Waals surface area contributed by atoms with Crippen LogP contribution in [0.4, 0.5) is 5.69 Å². The van der Waals surface area contributed by atoms with Crippen molar-refractivity contribution in [1.29, 1.82) is 0 Å². The number of nitrogens with one attached hydrogen (secondary N) is 1. The molecule has 1 N–H and O–H groups in total. The lowest BCUT2D eigenvalue weighted by molar-refractivity contribution is -0.121. The summed E-state index contributed by atoms with van der Waals surface area (Å²) in [4.78, 5) is 12.4. The van der Waals surface area contributed by atoms with Gasteiger partial charge in [-0.1, -0.05) is 41.5 Å². The van der Waals surface area contributed by atoms with Crippen LogP contribution in [0.15, 0.2) is 42.5 Å². The molecule has 0 radical (unpaired) electrons. The van der Waals surface area contributed by atoms with Crippen molar-refractivity contribution in [2.45, 2.75) is 46.6 Å². The maximum absolute atomic E-state index is 12.4. The van der Waals surface area contributed by atoms with Gasteiger partial charge < -0.3 is 5.32 Å². The van der Waals surface area contributed by atoms with Gasteiger partial charge in [-0.05, 0) is 57.4 Å². The van der Waals surface area contributed by atoms with Gasteiger partial charge in [0.15, 0.2) is 0 Å². The number of carbonyl (C=O) groups excluding carboxylic acids is 1. The molecule has 28 heavy (non-hydrogen) atoms. The Hall–Kier alpha value is -2.34. The average Bonchev–Trinajstić information content (AvgIpc) is 2.60. The van der Waals surface area contributed by atoms with Crippen molar-refractivity contribution in [2.24, 2.45) is 0 Å². The molecular formula is C22H30N2O3S. The smallest absolute Gasteiger partial charge is 0.232 e. The summed E-state index contributed by atoms with van der Waals surface area (Å²) < 4.78 is 25.7. The minimum Gasteiger partial charge on any atom is -0.350 e. The summed E-state index contributed by atoms with van der Waals surface area (Å²) in [6, 6.07) is 13.5. The average molecular weight is 403 g/mol. The van der Waals surface area contributed by atoms with Crippen molar-refractivity contribution >= 4 is 21.6 Å². The van der Waals surface area contributed by atoms with Crippen LogP contribution in [0.5, 0.6) is 0 Å². The molecule has 0 fully saturated rings. The third kappa shape index (κ3) is 6.09. The zero-order valence-corrected chi connectivity index (χ0v) is 18.1. The molecule has 0 aromatic heterocycles. The van der Waals surface area contributed by atoms with Crippen LogP contribution in [-0.4, -0.2) is 27.1 Å². The highest BCUT2D eigenvalue weighted by molar-refractivity contribution is 7.92. The maximum atomic E-state index is 12.4. The minimum absolute atomic E-state index is 0.0780.